The van der Waals surface area contributed by atoms with Crippen LogP contribution >= 0.6 is 11.6 Å². The number of amides is 1. The summed E-state index contributed by atoms with van der Waals surface area (Å²) in [4.78, 5) is 24.1. The van der Waals surface area contributed by atoms with Gasteiger partial charge in [-0.15, -0.1) is 0 Å². The van der Waals surface area contributed by atoms with Crippen LogP contribution in [0.25, 0.3) is 0 Å². The van der Waals surface area contributed by atoms with E-state index in [1.807, 2.05) is 19.1 Å². The SMILES string of the molecule is CCOC(=O)C1(C(=O)N[C@@H](C)c2cccc(Cl)c2)CC1. The van der Waals surface area contributed by atoms with E-state index in [0.29, 0.717) is 17.9 Å². The molecule has 1 atom stereocenters. The largest absolute Gasteiger partial charge is 0.465 e. The molecule has 0 heterocycles. The zero-order valence-corrected chi connectivity index (χ0v) is 12.4. The fraction of sp³-hybridized carbons (Fsp3) is 0.467. The van der Waals surface area contributed by atoms with Gasteiger partial charge in [0, 0.05) is 5.02 Å². The molecular formula is C15H18ClNO3. The van der Waals surface area contributed by atoms with Crippen LogP contribution in [0.5, 0.6) is 0 Å². The number of halogens is 1. The summed E-state index contributed by atoms with van der Waals surface area (Å²) in [5.41, 5.74) is -0.0615. The second-order valence-electron chi connectivity index (χ2n) is 5.05. The molecule has 108 valence electrons. The van der Waals surface area contributed by atoms with Gasteiger partial charge in [0.25, 0.3) is 0 Å². The average molecular weight is 296 g/mol. The molecule has 0 radical (unpaired) electrons. The van der Waals surface area contributed by atoms with E-state index in [4.69, 9.17) is 16.3 Å². The molecule has 20 heavy (non-hydrogen) atoms. The molecule has 4 nitrogen and oxygen atoms in total. The standard InChI is InChI=1S/C15H18ClNO3/c1-3-20-14(19)15(7-8-15)13(18)17-10(2)11-5-4-6-12(16)9-11/h4-6,9-10H,3,7-8H2,1-2H3,(H,17,18)/t10-/m0/s1. The van der Waals surface area contributed by atoms with Crippen molar-refractivity contribution in [3.8, 4) is 0 Å². The lowest BCUT2D eigenvalue weighted by atomic mass is 10.0. The number of hydrogen-bond donors (Lipinski definition) is 1. The van der Waals surface area contributed by atoms with Crippen molar-refractivity contribution in [2.45, 2.75) is 32.7 Å². The molecule has 2 rings (SSSR count). The molecule has 1 aliphatic carbocycles. The molecule has 0 saturated heterocycles. The first-order valence-corrected chi connectivity index (χ1v) is 7.11. The van der Waals surface area contributed by atoms with Gasteiger partial charge in [-0.1, -0.05) is 23.7 Å². The Morgan fingerprint density at radius 2 is 2.15 bits per heavy atom. The van der Waals surface area contributed by atoms with Gasteiger partial charge in [0.2, 0.25) is 5.91 Å². The molecule has 1 saturated carbocycles. The maximum Gasteiger partial charge on any atom is 0.321 e. The molecule has 1 N–H and O–H groups in total. The van der Waals surface area contributed by atoms with Crippen molar-refractivity contribution in [2.24, 2.45) is 5.41 Å². The molecular weight excluding hydrogens is 278 g/mol. The highest BCUT2D eigenvalue weighted by atomic mass is 35.5. The normalized spacial score (nSPS) is 17.1. The molecule has 0 bridgehead atoms. The van der Waals surface area contributed by atoms with Gasteiger partial charge in [-0.3, -0.25) is 9.59 Å². The fourth-order valence-corrected chi connectivity index (χ4v) is 2.31. The Labute approximate surface area is 123 Å². The van der Waals surface area contributed by atoms with Crippen molar-refractivity contribution < 1.29 is 14.3 Å². The number of esters is 1. The van der Waals surface area contributed by atoms with Gasteiger partial charge in [-0.25, -0.2) is 0 Å². The third-order valence-corrected chi connectivity index (χ3v) is 3.78. The number of hydrogen-bond acceptors (Lipinski definition) is 3. The van der Waals surface area contributed by atoms with Gasteiger partial charge in [-0.05, 0) is 44.4 Å². The van der Waals surface area contributed by atoms with Gasteiger partial charge in [0.15, 0.2) is 0 Å². The van der Waals surface area contributed by atoms with Crippen LogP contribution in [0, 0.1) is 5.41 Å². The van der Waals surface area contributed by atoms with Crippen LogP contribution in [-0.2, 0) is 14.3 Å². The number of rotatable bonds is 5. The maximum atomic E-state index is 12.3. The van der Waals surface area contributed by atoms with Crippen LogP contribution in [0.1, 0.15) is 38.3 Å². The summed E-state index contributed by atoms with van der Waals surface area (Å²) in [6, 6.07) is 7.10. The van der Waals surface area contributed by atoms with E-state index in [2.05, 4.69) is 5.32 Å². The van der Waals surface area contributed by atoms with Crippen molar-refractivity contribution in [1.82, 2.24) is 5.32 Å². The molecule has 0 unspecified atom stereocenters. The van der Waals surface area contributed by atoms with Crippen LogP contribution in [0.2, 0.25) is 5.02 Å². The maximum absolute atomic E-state index is 12.3. The van der Waals surface area contributed by atoms with Crippen molar-refractivity contribution in [1.29, 1.82) is 0 Å². The van der Waals surface area contributed by atoms with Crippen LogP contribution in [0.4, 0.5) is 0 Å². The molecule has 0 spiro atoms. The van der Waals surface area contributed by atoms with E-state index in [1.165, 1.54) is 0 Å². The molecule has 1 aromatic carbocycles. The topological polar surface area (TPSA) is 55.4 Å². The minimum atomic E-state index is -0.969. The predicted octanol–water partition coefficient (Wildman–Crippen LogP) is 2.86. The van der Waals surface area contributed by atoms with Gasteiger partial charge in [0.1, 0.15) is 5.41 Å². The van der Waals surface area contributed by atoms with Gasteiger partial charge in [0.05, 0.1) is 12.6 Å². The molecule has 1 amide bonds. The Kier molecular flexibility index (Phi) is 4.33. The monoisotopic (exact) mass is 295 g/mol. The zero-order chi connectivity index (χ0) is 14.8. The minimum Gasteiger partial charge on any atom is -0.465 e. The van der Waals surface area contributed by atoms with Crippen LogP contribution < -0.4 is 5.32 Å². The number of nitrogens with one attached hydrogen (secondary N) is 1. The number of ether oxygens (including phenoxy) is 1. The lowest BCUT2D eigenvalue weighted by Gasteiger charge is -2.19. The van der Waals surface area contributed by atoms with Crippen LogP contribution in [0.15, 0.2) is 24.3 Å². The highest BCUT2D eigenvalue weighted by molar-refractivity contribution is 6.30. The van der Waals surface area contributed by atoms with Gasteiger partial charge >= 0.3 is 5.97 Å². The number of benzene rings is 1. The van der Waals surface area contributed by atoms with E-state index < -0.39 is 11.4 Å². The van der Waals surface area contributed by atoms with Crippen molar-refractivity contribution in [3.63, 3.8) is 0 Å². The van der Waals surface area contributed by atoms with E-state index in [0.717, 1.165) is 5.56 Å². The molecule has 0 aliphatic heterocycles. The average Bonchev–Trinajstić information content (AvgIpc) is 3.20. The smallest absolute Gasteiger partial charge is 0.321 e. The summed E-state index contributed by atoms with van der Waals surface area (Å²) in [6.45, 7) is 3.89. The van der Waals surface area contributed by atoms with Crippen molar-refractivity contribution in [2.75, 3.05) is 6.61 Å². The quantitative estimate of drug-likeness (QED) is 0.671. The zero-order valence-electron chi connectivity index (χ0n) is 11.6. The summed E-state index contributed by atoms with van der Waals surface area (Å²) in [7, 11) is 0. The van der Waals surface area contributed by atoms with Gasteiger partial charge < -0.3 is 10.1 Å². The Balaban J connectivity index is 2.03. The summed E-state index contributed by atoms with van der Waals surface area (Å²) in [5, 5.41) is 3.49. The Morgan fingerprint density at radius 1 is 1.45 bits per heavy atom. The Bertz CT molecular complexity index is 526. The summed E-state index contributed by atoms with van der Waals surface area (Å²) in [5.74, 6) is -0.681. The van der Waals surface area contributed by atoms with Crippen molar-refractivity contribution in [3.05, 3.63) is 34.9 Å². The first kappa shape index (κ1) is 14.9. The second-order valence-corrected chi connectivity index (χ2v) is 5.49. The number of carbonyl (C=O) groups excluding carboxylic acids is 2. The third-order valence-electron chi connectivity index (χ3n) is 3.55. The van der Waals surface area contributed by atoms with Gasteiger partial charge in [-0.2, -0.15) is 0 Å². The molecule has 5 heteroatoms. The summed E-state index contributed by atoms with van der Waals surface area (Å²) >= 11 is 5.93. The Morgan fingerprint density at radius 3 is 2.70 bits per heavy atom. The Hall–Kier alpha value is -1.55. The number of carbonyl (C=O) groups is 2. The van der Waals surface area contributed by atoms with Crippen molar-refractivity contribution >= 4 is 23.5 Å². The summed E-state index contributed by atoms with van der Waals surface area (Å²) in [6.07, 6.45) is 1.11. The van der Waals surface area contributed by atoms with E-state index >= 15 is 0 Å². The lowest BCUT2D eigenvalue weighted by Crippen LogP contribution is -2.39. The molecule has 1 aliphatic rings. The molecule has 1 fully saturated rings. The third kappa shape index (κ3) is 2.96. The lowest BCUT2D eigenvalue weighted by molar-refractivity contribution is -0.154. The highest BCUT2D eigenvalue weighted by Crippen LogP contribution is 2.47. The van der Waals surface area contributed by atoms with Crippen LogP contribution in [-0.4, -0.2) is 18.5 Å². The second kappa shape index (κ2) is 5.83. The van der Waals surface area contributed by atoms with Crippen LogP contribution in [0.3, 0.4) is 0 Å². The fourth-order valence-electron chi connectivity index (χ4n) is 2.11. The predicted molar refractivity (Wildman–Crippen MR) is 76.3 cm³/mol. The van der Waals surface area contributed by atoms with E-state index in [9.17, 15) is 9.59 Å². The molecule has 0 aromatic heterocycles. The highest BCUT2D eigenvalue weighted by Gasteiger charge is 2.58. The minimum absolute atomic E-state index is 0.201. The molecule has 1 aromatic rings. The summed E-state index contributed by atoms with van der Waals surface area (Å²) < 4.78 is 4.98. The van der Waals surface area contributed by atoms with E-state index in [-0.39, 0.29) is 18.6 Å². The first-order chi connectivity index (χ1) is 9.49. The first-order valence-electron chi connectivity index (χ1n) is 6.73. The van der Waals surface area contributed by atoms with E-state index in [1.54, 1.807) is 19.1 Å².